The van der Waals surface area contributed by atoms with Crippen LogP contribution >= 0.6 is 0 Å². The van der Waals surface area contributed by atoms with E-state index in [2.05, 4.69) is 15.6 Å². The number of aromatic amines is 1. The van der Waals surface area contributed by atoms with Crippen molar-refractivity contribution in [2.75, 3.05) is 17.2 Å². The van der Waals surface area contributed by atoms with Crippen molar-refractivity contribution in [1.29, 1.82) is 0 Å². The standard InChI is InChI=1S/C24H28N4O4/c1-4-32-24(31)21-13-16-12-18(9-10-20(16)28-21)27-23(30)19(25)11-15-5-7-17(8-6-15)26-22(29)14(2)3/h5-10,12-14,19,28H,4,11,25H2,1-3H3,(H,26,29)(H,27,30). The van der Waals surface area contributed by atoms with Crippen LogP contribution in [0.15, 0.2) is 48.5 Å². The summed E-state index contributed by atoms with van der Waals surface area (Å²) >= 11 is 0. The number of esters is 1. The molecule has 1 aromatic heterocycles. The lowest BCUT2D eigenvalue weighted by Gasteiger charge is -2.13. The van der Waals surface area contributed by atoms with Gasteiger partial charge in [-0.1, -0.05) is 26.0 Å². The Hall–Kier alpha value is -3.65. The number of benzene rings is 2. The van der Waals surface area contributed by atoms with Crippen LogP contribution in [-0.2, 0) is 20.7 Å². The molecule has 2 amide bonds. The van der Waals surface area contributed by atoms with Gasteiger partial charge in [0.05, 0.1) is 12.6 Å². The highest BCUT2D eigenvalue weighted by atomic mass is 16.5. The fraction of sp³-hybridized carbons (Fsp3) is 0.292. The molecule has 5 N–H and O–H groups in total. The zero-order chi connectivity index (χ0) is 23.3. The van der Waals surface area contributed by atoms with Crippen LogP contribution in [0.3, 0.4) is 0 Å². The van der Waals surface area contributed by atoms with Gasteiger partial charge in [0.15, 0.2) is 0 Å². The van der Waals surface area contributed by atoms with Crippen molar-refractivity contribution in [1.82, 2.24) is 4.98 Å². The Morgan fingerprint density at radius 2 is 1.62 bits per heavy atom. The van der Waals surface area contributed by atoms with Gasteiger partial charge in [-0.3, -0.25) is 9.59 Å². The zero-order valence-corrected chi connectivity index (χ0v) is 18.4. The second-order valence-corrected chi connectivity index (χ2v) is 7.85. The van der Waals surface area contributed by atoms with Crippen LogP contribution in [0.5, 0.6) is 0 Å². The van der Waals surface area contributed by atoms with Gasteiger partial charge in [-0.15, -0.1) is 0 Å². The van der Waals surface area contributed by atoms with Crippen molar-refractivity contribution in [3.05, 3.63) is 59.8 Å². The van der Waals surface area contributed by atoms with Gasteiger partial charge in [-0.05, 0) is 55.3 Å². The van der Waals surface area contributed by atoms with E-state index in [1.807, 2.05) is 26.0 Å². The summed E-state index contributed by atoms with van der Waals surface area (Å²) < 4.78 is 5.00. The fourth-order valence-corrected chi connectivity index (χ4v) is 3.12. The minimum atomic E-state index is -0.747. The molecule has 0 aliphatic heterocycles. The number of nitrogens with two attached hydrogens (primary N) is 1. The molecule has 1 unspecified atom stereocenters. The average Bonchev–Trinajstić information content (AvgIpc) is 3.18. The first-order chi connectivity index (χ1) is 15.3. The maximum absolute atomic E-state index is 12.6. The van der Waals surface area contributed by atoms with E-state index >= 15 is 0 Å². The lowest BCUT2D eigenvalue weighted by Crippen LogP contribution is -2.37. The lowest BCUT2D eigenvalue weighted by molar-refractivity contribution is -0.119. The van der Waals surface area contributed by atoms with E-state index in [1.165, 1.54) is 0 Å². The van der Waals surface area contributed by atoms with Crippen LogP contribution in [0, 0.1) is 5.92 Å². The third-order valence-corrected chi connectivity index (χ3v) is 4.92. The van der Waals surface area contributed by atoms with Crippen molar-refractivity contribution in [2.24, 2.45) is 11.7 Å². The monoisotopic (exact) mass is 436 g/mol. The summed E-state index contributed by atoms with van der Waals surface area (Å²) in [5.74, 6) is -0.898. The third kappa shape index (κ3) is 5.73. The quantitative estimate of drug-likeness (QED) is 0.402. The molecular weight excluding hydrogens is 408 g/mol. The minimum Gasteiger partial charge on any atom is -0.461 e. The van der Waals surface area contributed by atoms with Crippen LogP contribution in [-0.4, -0.2) is 35.4 Å². The van der Waals surface area contributed by atoms with E-state index in [-0.39, 0.29) is 17.7 Å². The summed E-state index contributed by atoms with van der Waals surface area (Å²) in [5.41, 5.74) is 9.39. The first-order valence-electron chi connectivity index (χ1n) is 10.5. The molecule has 0 saturated heterocycles. The Morgan fingerprint density at radius 1 is 0.969 bits per heavy atom. The molecule has 1 atom stereocenters. The van der Waals surface area contributed by atoms with Gasteiger partial charge < -0.3 is 26.1 Å². The number of H-pyrrole nitrogens is 1. The maximum Gasteiger partial charge on any atom is 0.354 e. The Bertz CT molecular complexity index is 1120. The number of amides is 2. The van der Waals surface area contributed by atoms with E-state index < -0.39 is 12.0 Å². The maximum atomic E-state index is 12.6. The van der Waals surface area contributed by atoms with Crippen LogP contribution in [0.2, 0.25) is 0 Å². The number of rotatable bonds is 8. The van der Waals surface area contributed by atoms with E-state index in [0.29, 0.717) is 30.1 Å². The second kappa shape index (κ2) is 10.1. The highest BCUT2D eigenvalue weighted by Gasteiger charge is 2.16. The Kier molecular flexibility index (Phi) is 7.27. The zero-order valence-electron chi connectivity index (χ0n) is 18.4. The lowest BCUT2D eigenvalue weighted by atomic mass is 10.1. The van der Waals surface area contributed by atoms with Gasteiger partial charge in [0.1, 0.15) is 5.69 Å². The van der Waals surface area contributed by atoms with Gasteiger partial charge >= 0.3 is 5.97 Å². The highest BCUT2D eigenvalue weighted by Crippen LogP contribution is 2.21. The summed E-state index contributed by atoms with van der Waals surface area (Å²) in [4.78, 5) is 39.2. The summed E-state index contributed by atoms with van der Waals surface area (Å²) in [6, 6.07) is 13.5. The molecule has 0 bridgehead atoms. The minimum absolute atomic E-state index is 0.0532. The van der Waals surface area contributed by atoms with Crippen LogP contribution in [0.25, 0.3) is 10.9 Å². The van der Waals surface area contributed by atoms with Crippen molar-refractivity contribution < 1.29 is 19.1 Å². The van der Waals surface area contributed by atoms with Crippen molar-refractivity contribution in [3.8, 4) is 0 Å². The summed E-state index contributed by atoms with van der Waals surface area (Å²) in [5, 5.41) is 6.42. The van der Waals surface area contributed by atoms with E-state index in [0.717, 1.165) is 16.5 Å². The first kappa shape index (κ1) is 23.0. The largest absolute Gasteiger partial charge is 0.461 e. The fourth-order valence-electron chi connectivity index (χ4n) is 3.12. The predicted molar refractivity (Wildman–Crippen MR) is 124 cm³/mol. The van der Waals surface area contributed by atoms with Crippen molar-refractivity contribution in [3.63, 3.8) is 0 Å². The average molecular weight is 437 g/mol. The number of hydrogen-bond acceptors (Lipinski definition) is 5. The number of aromatic nitrogens is 1. The van der Waals surface area contributed by atoms with E-state index in [1.54, 1.807) is 43.3 Å². The molecule has 1 heterocycles. The molecular formula is C24H28N4O4. The Labute approximate surface area is 186 Å². The molecule has 0 aliphatic carbocycles. The number of nitrogens with one attached hydrogen (secondary N) is 3. The van der Waals surface area contributed by atoms with E-state index in [9.17, 15) is 14.4 Å². The summed E-state index contributed by atoms with van der Waals surface area (Å²) in [6.45, 7) is 5.70. The van der Waals surface area contributed by atoms with Crippen molar-refractivity contribution in [2.45, 2.75) is 33.2 Å². The van der Waals surface area contributed by atoms with Crippen LogP contribution < -0.4 is 16.4 Å². The topological polar surface area (TPSA) is 126 Å². The normalized spacial score (nSPS) is 11.9. The van der Waals surface area contributed by atoms with Gasteiger partial charge in [0.25, 0.3) is 0 Å². The number of carbonyl (C=O) groups excluding carboxylic acids is 3. The second-order valence-electron chi connectivity index (χ2n) is 7.85. The SMILES string of the molecule is CCOC(=O)c1cc2cc(NC(=O)C(N)Cc3ccc(NC(=O)C(C)C)cc3)ccc2[nH]1. The molecule has 0 spiro atoms. The molecule has 8 heteroatoms. The smallest absolute Gasteiger partial charge is 0.354 e. The Balaban J connectivity index is 1.60. The third-order valence-electron chi connectivity index (χ3n) is 4.92. The number of hydrogen-bond donors (Lipinski definition) is 4. The predicted octanol–water partition coefficient (Wildman–Crippen LogP) is 3.45. The molecule has 8 nitrogen and oxygen atoms in total. The number of carbonyl (C=O) groups is 3. The van der Waals surface area contributed by atoms with Crippen LogP contribution in [0.4, 0.5) is 11.4 Å². The van der Waals surface area contributed by atoms with Crippen molar-refractivity contribution >= 4 is 40.1 Å². The van der Waals surface area contributed by atoms with Crippen LogP contribution in [0.1, 0.15) is 36.8 Å². The molecule has 3 aromatic rings. The molecule has 0 saturated carbocycles. The molecule has 0 aliphatic rings. The molecule has 0 radical (unpaired) electrons. The Morgan fingerprint density at radius 3 is 2.28 bits per heavy atom. The number of ether oxygens (including phenoxy) is 1. The molecule has 32 heavy (non-hydrogen) atoms. The molecule has 2 aromatic carbocycles. The van der Waals surface area contributed by atoms with Gasteiger partial charge in [0, 0.05) is 28.2 Å². The molecule has 0 fully saturated rings. The summed E-state index contributed by atoms with van der Waals surface area (Å²) in [7, 11) is 0. The molecule has 168 valence electrons. The van der Waals surface area contributed by atoms with Gasteiger partial charge in [-0.2, -0.15) is 0 Å². The van der Waals surface area contributed by atoms with Gasteiger partial charge in [0.2, 0.25) is 11.8 Å². The number of anilines is 2. The first-order valence-corrected chi connectivity index (χ1v) is 10.5. The highest BCUT2D eigenvalue weighted by molar-refractivity contribution is 5.99. The molecule has 3 rings (SSSR count). The van der Waals surface area contributed by atoms with E-state index in [4.69, 9.17) is 10.5 Å². The van der Waals surface area contributed by atoms with Gasteiger partial charge in [-0.25, -0.2) is 4.79 Å². The summed E-state index contributed by atoms with van der Waals surface area (Å²) in [6.07, 6.45) is 0.351. The number of fused-ring (bicyclic) bond motifs is 1.